The number of aliphatic hydroxyl groups is 2. The summed E-state index contributed by atoms with van der Waals surface area (Å²) in [6.45, 7) is -0.284. The highest BCUT2D eigenvalue weighted by Gasteiger charge is 2.06. The average molecular weight is 288 g/mol. The molecule has 0 bridgehead atoms. The molecule has 1 aromatic carbocycles. The lowest BCUT2D eigenvalue weighted by molar-refractivity contribution is -0.115. The topological polar surface area (TPSA) is 95.6 Å². The molecule has 0 fully saturated rings. The summed E-state index contributed by atoms with van der Waals surface area (Å²) in [5.74, 6) is 0.177. The van der Waals surface area contributed by atoms with Crippen LogP contribution in [-0.2, 0) is 4.79 Å². The maximum absolute atomic E-state index is 12.9. The second-order valence-corrected chi connectivity index (χ2v) is 5.10. The molecule has 0 aromatic heterocycles. The standard InChI is InChI=1S/C12H17FN2O3S/c13-10-2-1-8(5-11(10)14)15-12(18)3-4-19-7-9(17)6-16/h1-2,5,9,16-17H,3-4,6-7,14H2,(H,15,18). The first-order valence-electron chi connectivity index (χ1n) is 5.74. The number of hydrogen-bond donors (Lipinski definition) is 4. The highest BCUT2D eigenvalue weighted by molar-refractivity contribution is 7.99. The van der Waals surface area contributed by atoms with Gasteiger partial charge in [-0.2, -0.15) is 11.8 Å². The van der Waals surface area contributed by atoms with E-state index in [9.17, 15) is 9.18 Å². The summed E-state index contributed by atoms with van der Waals surface area (Å²) >= 11 is 1.37. The third kappa shape index (κ3) is 5.91. The van der Waals surface area contributed by atoms with Crippen molar-refractivity contribution in [2.24, 2.45) is 0 Å². The van der Waals surface area contributed by atoms with Gasteiger partial charge in [-0.1, -0.05) is 0 Å². The molecule has 1 rings (SSSR count). The summed E-state index contributed by atoms with van der Waals surface area (Å²) in [6.07, 6.45) is -0.495. The van der Waals surface area contributed by atoms with E-state index >= 15 is 0 Å². The molecular weight excluding hydrogens is 271 g/mol. The molecule has 1 amide bonds. The van der Waals surface area contributed by atoms with E-state index in [4.69, 9.17) is 15.9 Å². The third-order valence-electron chi connectivity index (χ3n) is 2.27. The molecule has 0 radical (unpaired) electrons. The Morgan fingerprint density at radius 1 is 1.53 bits per heavy atom. The molecule has 1 aromatic rings. The van der Waals surface area contributed by atoms with Gasteiger partial charge in [-0.15, -0.1) is 0 Å². The quantitative estimate of drug-likeness (QED) is 0.440. The first-order valence-corrected chi connectivity index (χ1v) is 6.90. The fourth-order valence-corrected chi connectivity index (χ4v) is 2.16. The van der Waals surface area contributed by atoms with E-state index in [2.05, 4.69) is 5.32 Å². The van der Waals surface area contributed by atoms with Crippen LogP contribution >= 0.6 is 11.8 Å². The molecule has 19 heavy (non-hydrogen) atoms. The number of nitrogens with two attached hydrogens (primary N) is 1. The van der Waals surface area contributed by atoms with Crippen LogP contribution in [0.5, 0.6) is 0 Å². The zero-order chi connectivity index (χ0) is 14.3. The van der Waals surface area contributed by atoms with E-state index in [1.54, 1.807) is 0 Å². The molecule has 1 atom stereocenters. The van der Waals surface area contributed by atoms with Crippen molar-refractivity contribution in [3.63, 3.8) is 0 Å². The lowest BCUT2D eigenvalue weighted by atomic mass is 10.2. The van der Waals surface area contributed by atoms with Crippen molar-refractivity contribution in [3.05, 3.63) is 24.0 Å². The number of amides is 1. The molecule has 7 heteroatoms. The Hall–Kier alpha value is -1.31. The summed E-state index contributed by atoms with van der Waals surface area (Å²) in [6, 6.07) is 3.99. The monoisotopic (exact) mass is 288 g/mol. The Morgan fingerprint density at radius 2 is 2.26 bits per heavy atom. The van der Waals surface area contributed by atoms with E-state index in [1.807, 2.05) is 0 Å². The fraction of sp³-hybridized carbons (Fsp3) is 0.417. The maximum Gasteiger partial charge on any atom is 0.225 e. The van der Waals surface area contributed by atoms with E-state index in [0.717, 1.165) is 0 Å². The van der Waals surface area contributed by atoms with Gasteiger partial charge >= 0.3 is 0 Å². The molecule has 0 aliphatic carbocycles. The number of carbonyl (C=O) groups is 1. The summed E-state index contributed by atoms with van der Waals surface area (Å²) in [5, 5.41) is 20.3. The lowest BCUT2D eigenvalue weighted by Gasteiger charge is -2.08. The number of nitrogen functional groups attached to an aromatic ring is 1. The van der Waals surface area contributed by atoms with Crippen molar-refractivity contribution in [2.45, 2.75) is 12.5 Å². The summed E-state index contributed by atoms with van der Waals surface area (Å²) in [7, 11) is 0. The fourth-order valence-electron chi connectivity index (χ4n) is 1.28. The molecule has 0 heterocycles. The minimum absolute atomic E-state index is 0.0155. The minimum atomic E-state index is -0.759. The number of benzene rings is 1. The number of aliphatic hydroxyl groups excluding tert-OH is 2. The average Bonchev–Trinajstić information content (AvgIpc) is 2.38. The Morgan fingerprint density at radius 3 is 2.89 bits per heavy atom. The first kappa shape index (κ1) is 15.7. The van der Waals surface area contributed by atoms with Crippen LogP contribution in [0.15, 0.2) is 18.2 Å². The van der Waals surface area contributed by atoms with Crippen LogP contribution in [0.3, 0.4) is 0 Å². The molecule has 0 saturated heterocycles. The van der Waals surface area contributed by atoms with Crippen LogP contribution in [0.1, 0.15) is 6.42 Å². The summed E-state index contributed by atoms with van der Waals surface area (Å²) in [4.78, 5) is 11.6. The van der Waals surface area contributed by atoms with Crippen molar-refractivity contribution in [1.29, 1.82) is 0 Å². The number of halogens is 1. The number of nitrogens with one attached hydrogen (secondary N) is 1. The first-order chi connectivity index (χ1) is 9.02. The number of rotatable bonds is 7. The molecule has 5 nitrogen and oxygen atoms in total. The Labute approximate surface area is 115 Å². The van der Waals surface area contributed by atoms with Gasteiger partial charge in [-0.05, 0) is 18.2 Å². The predicted octanol–water partition coefficient (Wildman–Crippen LogP) is 0.823. The van der Waals surface area contributed by atoms with Crippen molar-refractivity contribution in [3.8, 4) is 0 Å². The van der Waals surface area contributed by atoms with Gasteiger partial charge in [0.15, 0.2) is 0 Å². The summed E-state index contributed by atoms with van der Waals surface area (Å²) < 4.78 is 12.9. The largest absolute Gasteiger partial charge is 0.396 e. The second kappa shape index (κ2) is 7.98. The molecule has 0 aliphatic rings. The van der Waals surface area contributed by atoms with Crippen LogP contribution in [0.2, 0.25) is 0 Å². The van der Waals surface area contributed by atoms with Crippen LogP contribution < -0.4 is 11.1 Å². The van der Waals surface area contributed by atoms with E-state index in [1.165, 1.54) is 30.0 Å². The van der Waals surface area contributed by atoms with E-state index < -0.39 is 11.9 Å². The smallest absolute Gasteiger partial charge is 0.225 e. The van der Waals surface area contributed by atoms with Gasteiger partial charge in [0.1, 0.15) is 5.82 Å². The Kier molecular flexibility index (Phi) is 6.61. The molecule has 0 aliphatic heterocycles. The van der Waals surface area contributed by atoms with E-state index in [0.29, 0.717) is 17.2 Å². The molecule has 0 saturated carbocycles. The van der Waals surface area contributed by atoms with Crippen molar-refractivity contribution in [2.75, 3.05) is 29.2 Å². The van der Waals surface area contributed by atoms with Gasteiger partial charge in [-0.3, -0.25) is 4.79 Å². The number of carbonyl (C=O) groups excluding carboxylic acids is 1. The normalized spacial score (nSPS) is 12.2. The van der Waals surface area contributed by atoms with Gasteiger partial charge in [-0.25, -0.2) is 4.39 Å². The van der Waals surface area contributed by atoms with Crippen LogP contribution in [0, 0.1) is 5.82 Å². The number of anilines is 2. The number of hydrogen-bond acceptors (Lipinski definition) is 5. The zero-order valence-electron chi connectivity index (χ0n) is 10.3. The predicted molar refractivity (Wildman–Crippen MR) is 74.5 cm³/mol. The molecular formula is C12H17FN2O3S. The van der Waals surface area contributed by atoms with Crippen LogP contribution in [0.25, 0.3) is 0 Å². The zero-order valence-corrected chi connectivity index (χ0v) is 11.1. The van der Waals surface area contributed by atoms with Crippen molar-refractivity contribution < 1.29 is 19.4 Å². The van der Waals surface area contributed by atoms with Gasteiger partial charge in [0.05, 0.1) is 18.4 Å². The molecule has 5 N–H and O–H groups in total. The molecule has 0 spiro atoms. The third-order valence-corrected chi connectivity index (χ3v) is 3.39. The SMILES string of the molecule is Nc1cc(NC(=O)CCSCC(O)CO)ccc1F. The van der Waals surface area contributed by atoms with E-state index in [-0.39, 0.29) is 24.6 Å². The summed E-state index contributed by atoms with van der Waals surface area (Å²) in [5.41, 5.74) is 5.82. The Bertz CT molecular complexity index is 431. The molecule has 106 valence electrons. The van der Waals surface area contributed by atoms with Crippen LogP contribution in [0.4, 0.5) is 15.8 Å². The highest BCUT2D eigenvalue weighted by Crippen LogP contribution is 2.16. The minimum Gasteiger partial charge on any atom is -0.396 e. The van der Waals surface area contributed by atoms with Gasteiger partial charge in [0.25, 0.3) is 0 Å². The second-order valence-electron chi connectivity index (χ2n) is 3.95. The van der Waals surface area contributed by atoms with Crippen LogP contribution in [-0.4, -0.2) is 40.3 Å². The highest BCUT2D eigenvalue weighted by atomic mass is 32.2. The van der Waals surface area contributed by atoms with Gasteiger partial charge in [0.2, 0.25) is 5.91 Å². The molecule has 1 unspecified atom stereocenters. The van der Waals surface area contributed by atoms with Crippen molar-refractivity contribution >= 4 is 29.0 Å². The van der Waals surface area contributed by atoms with Gasteiger partial charge in [0, 0.05) is 23.6 Å². The van der Waals surface area contributed by atoms with Crippen molar-refractivity contribution in [1.82, 2.24) is 0 Å². The lowest BCUT2D eigenvalue weighted by Crippen LogP contribution is -2.16. The number of thioether (sulfide) groups is 1. The Balaban J connectivity index is 2.29. The van der Waals surface area contributed by atoms with Gasteiger partial charge < -0.3 is 21.3 Å². The maximum atomic E-state index is 12.9.